The maximum Gasteiger partial charge on any atom is 0.511 e. The standard InChI is InChI=1S/C16H30F3N5O2S/c1-3-23-9-5-4-6-14(23)12-21-15(20-2)22-13-7-10-24(11-8-13)27(25,26)16(17,18)19/h13-14H,3-12H2,1-2H3,(H2,20,21,22). The van der Waals surface area contributed by atoms with E-state index in [9.17, 15) is 21.6 Å². The van der Waals surface area contributed by atoms with Gasteiger partial charge in [0.15, 0.2) is 5.96 Å². The number of sulfonamides is 1. The number of nitrogens with zero attached hydrogens (tertiary/aromatic N) is 3. The quantitative estimate of drug-likeness (QED) is 0.526. The average Bonchev–Trinajstić information content (AvgIpc) is 2.64. The summed E-state index contributed by atoms with van der Waals surface area (Å²) in [6, 6.07) is 0.339. The van der Waals surface area contributed by atoms with Gasteiger partial charge >= 0.3 is 15.5 Å². The molecule has 0 aliphatic carbocycles. The second-order valence-electron chi connectivity index (χ2n) is 7.00. The zero-order chi connectivity index (χ0) is 20.1. The van der Waals surface area contributed by atoms with E-state index in [0.29, 0.717) is 29.1 Å². The second-order valence-corrected chi connectivity index (χ2v) is 8.93. The third-order valence-electron chi connectivity index (χ3n) is 5.31. The summed E-state index contributed by atoms with van der Waals surface area (Å²) in [5, 5.41) is 6.51. The molecule has 2 aliphatic rings. The predicted octanol–water partition coefficient (Wildman–Crippen LogP) is 1.34. The lowest BCUT2D eigenvalue weighted by atomic mass is 10.0. The highest BCUT2D eigenvalue weighted by molar-refractivity contribution is 7.90. The fraction of sp³-hybridized carbons (Fsp3) is 0.938. The van der Waals surface area contributed by atoms with Gasteiger partial charge in [0.2, 0.25) is 0 Å². The summed E-state index contributed by atoms with van der Waals surface area (Å²) in [7, 11) is -3.59. The highest BCUT2D eigenvalue weighted by Gasteiger charge is 2.50. The molecule has 0 spiro atoms. The van der Waals surface area contributed by atoms with Crippen LogP contribution in [-0.4, -0.2) is 80.9 Å². The second kappa shape index (κ2) is 9.42. The predicted molar refractivity (Wildman–Crippen MR) is 99.0 cm³/mol. The maximum absolute atomic E-state index is 12.6. The highest BCUT2D eigenvalue weighted by Crippen LogP contribution is 2.28. The summed E-state index contributed by atoms with van der Waals surface area (Å²) >= 11 is 0. The van der Waals surface area contributed by atoms with Gasteiger partial charge in [-0.15, -0.1) is 0 Å². The molecule has 0 bridgehead atoms. The number of hydrogen-bond donors (Lipinski definition) is 2. The topological polar surface area (TPSA) is 77.0 Å². The third kappa shape index (κ3) is 5.71. The molecule has 0 aromatic carbocycles. The van der Waals surface area contributed by atoms with E-state index in [1.165, 1.54) is 12.8 Å². The fourth-order valence-electron chi connectivity index (χ4n) is 3.70. The lowest BCUT2D eigenvalue weighted by molar-refractivity contribution is -0.0494. The van der Waals surface area contributed by atoms with Gasteiger partial charge in [0, 0.05) is 38.8 Å². The van der Waals surface area contributed by atoms with Crippen molar-refractivity contribution in [3.8, 4) is 0 Å². The lowest BCUT2D eigenvalue weighted by Crippen LogP contribution is -2.53. The van der Waals surface area contributed by atoms with Crippen molar-refractivity contribution in [2.45, 2.75) is 56.6 Å². The molecule has 2 aliphatic heterocycles. The van der Waals surface area contributed by atoms with Crippen LogP contribution in [0.2, 0.25) is 0 Å². The molecule has 1 atom stereocenters. The van der Waals surface area contributed by atoms with Crippen molar-refractivity contribution in [1.29, 1.82) is 0 Å². The minimum absolute atomic E-state index is 0.107. The number of rotatable bonds is 5. The molecule has 11 heteroatoms. The first-order valence-electron chi connectivity index (χ1n) is 9.46. The molecule has 2 fully saturated rings. The van der Waals surface area contributed by atoms with E-state index in [2.05, 4.69) is 27.4 Å². The zero-order valence-corrected chi connectivity index (χ0v) is 16.7. The van der Waals surface area contributed by atoms with Crippen molar-refractivity contribution < 1.29 is 21.6 Å². The smallest absolute Gasteiger partial charge is 0.355 e. The Morgan fingerprint density at radius 1 is 1.15 bits per heavy atom. The molecule has 0 amide bonds. The van der Waals surface area contributed by atoms with E-state index >= 15 is 0 Å². The number of nitrogens with one attached hydrogen (secondary N) is 2. The Kier molecular flexibility index (Phi) is 7.75. The Bertz CT molecular complexity index is 604. The van der Waals surface area contributed by atoms with E-state index in [0.717, 1.165) is 26.1 Å². The van der Waals surface area contributed by atoms with Crippen LogP contribution in [0.25, 0.3) is 0 Å². The number of likely N-dealkylation sites (N-methyl/N-ethyl adjacent to an activating group) is 1. The number of likely N-dealkylation sites (tertiary alicyclic amines) is 1. The van der Waals surface area contributed by atoms with Gasteiger partial charge in [-0.25, -0.2) is 8.42 Å². The normalized spacial score (nSPS) is 24.8. The van der Waals surface area contributed by atoms with E-state index in [-0.39, 0.29) is 19.1 Å². The SMILES string of the molecule is CCN1CCCCC1CNC(=NC)NC1CCN(S(=O)(=O)C(F)(F)F)CC1. The Morgan fingerprint density at radius 3 is 2.37 bits per heavy atom. The van der Waals surface area contributed by atoms with E-state index < -0.39 is 15.5 Å². The van der Waals surface area contributed by atoms with Gasteiger partial charge in [-0.2, -0.15) is 17.5 Å². The van der Waals surface area contributed by atoms with Gasteiger partial charge in [0.1, 0.15) is 0 Å². The molecule has 2 saturated heterocycles. The number of piperidine rings is 2. The molecule has 7 nitrogen and oxygen atoms in total. The number of alkyl halides is 3. The van der Waals surface area contributed by atoms with Gasteiger partial charge in [0.25, 0.3) is 0 Å². The van der Waals surface area contributed by atoms with Crippen LogP contribution in [0.15, 0.2) is 4.99 Å². The van der Waals surface area contributed by atoms with Crippen molar-refractivity contribution in [2.75, 3.05) is 39.8 Å². The molecule has 0 saturated carbocycles. The summed E-state index contributed by atoms with van der Waals surface area (Å²) in [6.45, 7) is 4.71. The van der Waals surface area contributed by atoms with Crippen molar-refractivity contribution in [3.63, 3.8) is 0 Å². The molecular formula is C16H30F3N5O2S. The number of hydrogen-bond acceptors (Lipinski definition) is 4. The van der Waals surface area contributed by atoms with Crippen molar-refractivity contribution in [2.24, 2.45) is 4.99 Å². The summed E-state index contributed by atoms with van der Waals surface area (Å²) in [5.41, 5.74) is -5.24. The molecule has 0 aromatic heterocycles. The van der Waals surface area contributed by atoms with Gasteiger partial charge in [-0.3, -0.25) is 9.89 Å². The Balaban J connectivity index is 1.81. The molecule has 0 aromatic rings. The minimum atomic E-state index is -5.24. The van der Waals surface area contributed by atoms with E-state index in [4.69, 9.17) is 0 Å². The first-order valence-corrected chi connectivity index (χ1v) is 10.9. The summed E-state index contributed by atoms with van der Waals surface area (Å²) < 4.78 is 61.4. The van der Waals surface area contributed by atoms with Crippen LogP contribution in [0.4, 0.5) is 13.2 Å². The van der Waals surface area contributed by atoms with E-state index in [1.807, 2.05) is 0 Å². The molecule has 158 valence electrons. The Hall–Kier alpha value is -1.07. The number of halogens is 3. The fourth-order valence-corrected chi connectivity index (χ4v) is 4.68. The molecule has 0 radical (unpaired) electrons. The first-order chi connectivity index (χ1) is 12.7. The monoisotopic (exact) mass is 413 g/mol. The van der Waals surface area contributed by atoms with Gasteiger partial charge in [-0.05, 0) is 38.8 Å². The lowest BCUT2D eigenvalue weighted by Gasteiger charge is -2.36. The molecule has 2 rings (SSSR count). The number of aliphatic imine (C=N–C) groups is 1. The van der Waals surface area contributed by atoms with E-state index in [1.54, 1.807) is 7.05 Å². The molecule has 27 heavy (non-hydrogen) atoms. The minimum Gasteiger partial charge on any atom is -0.355 e. The molecule has 1 unspecified atom stereocenters. The van der Waals surface area contributed by atoms with Crippen LogP contribution in [0.1, 0.15) is 39.0 Å². The van der Waals surface area contributed by atoms with Crippen molar-refractivity contribution in [1.82, 2.24) is 19.8 Å². The van der Waals surface area contributed by atoms with Crippen LogP contribution < -0.4 is 10.6 Å². The van der Waals surface area contributed by atoms with Crippen molar-refractivity contribution in [3.05, 3.63) is 0 Å². The average molecular weight is 414 g/mol. The van der Waals surface area contributed by atoms with Crippen LogP contribution >= 0.6 is 0 Å². The van der Waals surface area contributed by atoms with Crippen molar-refractivity contribution >= 4 is 16.0 Å². The zero-order valence-electron chi connectivity index (χ0n) is 15.9. The first kappa shape index (κ1) is 22.2. The summed E-state index contributed by atoms with van der Waals surface area (Å²) in [6.07, 6.45) is 4.17. The van der Waals surface area contributed by atoms with Crippen LogP contribution in [0.5, 0.6) is 0 Å². The number of guanidine groups is 1. The van der Waals surface area contributed by atoms with Gasteiger partial charge < -0.3 is 10.6 Å². The maximum atomic E-state index is 12.6. The summed E-state index contributed by atoms with van der Waals surface area (Å²) in [5.74, 6) is 0.605. The van der Waals surface area contributed by atoms with Crippen LogP contribution in [0.3, 0.4) is 0 Å². The van der Waals surface area contributed by atoms with Crippen LogP contribution in [-0.2, 0) is 10.0 Å². The van der Waals surface area contributed by atoms with Gasteiger partial charge in [-0.1, -0.05) is 13.3 Å². The largest absolute Gasteiger partial charge is 0.511 e. The Morgan fingerprint density at radius 2 is 1.81 bits per heavy atom. The molecule has 2 heterocycles. The highest BCUT2D eigenvalue weighted by atomic mass is 32.2. The van der Waals surface area contributed by atoms with Gasteiger partial charge in [0.05, 0.1) is 0 Å². The third-order valence-corrected chi connectivity index (χ3v) is 6.94. The Labute approximate surface area is 159 Å². The van der Waals surface area contributed by atoms with Crippen LogP contribution in [0, 0.1) is 0 Å². The molecular weight excluding hydrogens is 383 g/mol. The molecule has 2 N–H and O–H groups in total. The summed E-state index contributed by atoms with van der Waals surface area (Å²) in [4.78, 5) is 6.62.